The topological polar surface area (TPSA) is 26.3 Å². The molecular weight excluding hydrogens is 255 g/mol. The predicted molar refractivity (Wildman–Crippen MR) is 76.7 cm³/mol. The fourth-order valence-electron chi connectivity index (χ4n) is 1.91. The van der Waals surface area contributed by atoms with Crippen molar-refractivity contribution >= 4 is 5.78 Å². The van der Waals surface area contributed by atoms with Gasteiger partial charge in [-0.1, -0.05) is 37.6 Å². The van der Waals surface area contributed by atoms with Crippen molar-refractivity contribution in [1.29, 1.82) is 0 Å². The van der Waals surface area contributed by atoms with Crippen molar-refractivity contribution in [2.24, 2.45) is 0 Å². The lowest BCUT2D eigenvalue weighted by Gasteiger charge is -2.06. The van der Waals surface area contributed by atoms with E-state index in [0.29, 0.717) is 11.3 Å². The molecule has 2 aromatic carbocycles. The van der Waals surface area contributed by atoms with Crippen molar-refractivity contribution in [3.63, 3.8) is 0 Å². The molecule has 104 valence electrons. The fourth-order valence-corrected chi connectivity index (χ4v) is 1.91. The van der Waals surface area contributed by atoms with E-state index in [4.69, 9.17) is 4.74 Å². The van der Waals surface area contributed by atoms with Gasteiger partial charge in [0.05, 0.1) is 0 Å². The average molecular weight is 272 g/mol. The molecule has 2 nitrogen and oxygen atoms in total. The summed E-state index contributed by atoms with van der Waals surface area (Å²) in [5, 5.41) is 0. The van der Waals surface area contributed by atoms with Crippen molar-refractivity contribution < 1.29 is 13.9 Å². The van der Waals surface area contributed by atoms with Crippen molar-refractivity contribution in [2.45, 2.75) is 19.8 Å². The second-order valence-electron chi connectivity index (χ2n) is 4.61. The van der Waals surface area contributed by atoms with Gasteiger partial charge in [0.2, 0.25) is 0 Å². The van der Waals surface area contributed by atoms with Crippen LogP contribution in [-0.2, 0) is 6.42 Å². The zero-order valence-corrected chi connectivity index (χ0v) is 11.4. The van der Waals surface area contributed by atoms with Gasteiger partial charge in [0, 0.05) is 5.56 Å². The normalized spacial score (nSPS) is 10.3. The van der Waals surface area contributed by atoms with Gasteiger partial charge < -0.3 is 4.74 Å². The summed E-state index contributed by atoms with van der Waals surface area (Å²) in [6, 6.07) is 13.2. The Hall–Kier alpha value is -2.16. The zero-order valence-electron chi connectivity index (χ0n) is 11.4. The molecule has 2 rings (SSSR count). The molecule has 0 spiro atoms. The van der Waals surface area contributed by atoms with Gasteiger partial charge >= 0.3 is 0 Å². The SMILES string of the molecule is CCCc1ccc(C(=O)COc2ccc(F)cc2)cc1. The molecule has 0 amide bonds. The van der Waals surface area contributed by atoms with Crippen LogP contribution >= 0.6 is 0 Å². The Balaban J connectivity index is 1.92. The number of hydrogen-bond donors (Lipinski definition) is 0. The summed E-state index contributed by atoms with van der Waals surface area (Å²) in [4.78, 5) is 12.0. The molecular formula is C17H17FO2. The van der Waals surface area contributed by atoms with Crippen LogP contribution in [0.4, 0.5) is 4.39 Å². The third-order valence-corrected chi connectivity index (χ3v) is 3.00. The summed E-state index contributed by atoms with van der Waals surface area (Å²) < 4.78 is 18.1. The standard InChI is InChI=1S/C17H17FO2/c1-2-3-13-4-6-14(7-5-13)17(19)12-20-16-10-8-15(18)9-11-16/h4-11H,2-3,12H2,1H3. The molecule has 20 heavy (non-hydrogen) atoms. The molecule has 2 aromatic rings. The smallest absolute Gasteiger partial charge is 0.200 e. The van der Waals surface area contributed by atoms with Crippen molar-refractivity contribution in [2.75, 3.05) is 6.61 Å². The van der Waals surface area contributed by atoms with E-state index in [-0.39, 0.29) is 18.2 Å². The highest BCUT2D eigenvalue weighted by molar-refractivity contribution is 5.97. The van der Waals surface area contributed by atoms with E-state index in [1.165, 1.54) is 29.8 Å². The first-order valence-electron chi connectivity index (χ1n) is 6.69. The highest BCUT2D eigenvalue weighted by atomic mass is 19.1. The van der Waals surface area contributed by atoms with Gasteiger partial charge in [-0.05, 0) is 36.2 Å². The van der Waals surface area contributed by atoms with E-state index in [0.717, 1.165) is 12.8 Å². The van der Waals surface area contributed by atoms with Crippen LogP contribution < -0.4 is 4.74 Å². The second-order valence-corrected chi connectivity index (χ2v) is 4.61. The number of benzene rings is 2. The quantitative estimate of drug-likeness (QED) is 0.742. The van der Waals surface area contributed by atoms with E-state index in [1.807, 2.05) is 24.3 Å². The number of aryl methyl sites for hydroxylation is 1. The van der Waals surface area contributed by atoms with E-state index in [2.05, 4.69) is 6.92 Å². The van der Waals surface area contributed by atoms with E-state index < -0.39 is 0 Å². The van der Waals surface area contributed by atoms with Crippen LogP contribution in [0.3, 0.4) is 0 Å². The van der Waals surface area contributed by atoms with Crippen LogP contribution in [0.15, 0.2) is 48.5 Å². The summed E-state index contributed by atoms with van der Waals surface area (Å²) in [5.74, 6) is 0.0786. The largest absolute Gasteiger partial charge is 0.485 e. The monoisotopic (exact) mass is 272 g/mol. The fraction of sp³-hybridized carbons (Fsp3) is 0.235. The maximum absolute atomic E-state index is 12.7. The maximum atomic E-state index is 12.7. The number of ketones is 1. The molecule has 3 heteroatoms. The van der Waals surface area contributed by atoms with E-state index in [1.54, 1.807) is 0 Å². The lowest BCUT2D eigenvalue weighted by molar-refractivity contribution is 0.0921. The van der Waals surface area contributed by atoms with Crippen molar-refractivity contribution in [3.05, 3.63) is 65.5 Å². The Morgan fingerprint density at radius 2 is 1.70 bits per heavy atom. The molecule has 0 saturated carbocycles. The molecule has 0 bridgehead atoms. The zero-order chi connectivity index (χ0) is 14.4. The van der Waals surface area contributed by atoms with Crippen molar-refractivity contribution in [3.8, 4) is 5.75 Å². The highest BCUT2D eigenvalue weighted by Gasteiger charge is 2.07. The van der Waals surface area contributed by atoms with Gasteiger partial charge in [-0.3, -0.25) is 4.79 Å². The Kier molecular flexibility index (Phi) is 4.88. The van der Waals surface area contributed by atoms with Gasteiger partial charge in [-0.15, -0.1) is 0 Å². The third-order valence-electron chi connectivity index (χ3n) is 3.00. The maximum Gasteiger partial charge on any atom is 0.200 e. The van der Waals surface area contributed by atoms with E-state index in [9.17, 15) is 9.18 Å². The molecule has 0 heterocycles. The highest BCUT2D eigenvalue weighted by Crippen LogP contribution is 2.12. The number of carbonyl (C=O) groups is 1. The van der Waals surface area contributed by atoms with Gasteiger partial charge in [0.15, 0.2) is 12.4 Å². The molecule has 0 unspecified atom stereocenters. The van der Waals surface area contributed by atoms with Crippen LogP contribution in [0.25, 0.3) is 0 Å². The minimum absolute atomic E-state index is 0.0429. The summed E-state index contributed by atoms with van der Waals surface area (Å²) in [6.45, 7) is 2.08. The first-order valence-corrected chi connectivity index (χ1v) is 6.69. The Labute approximate surface area is 118 Å². The number of rotatable bonds is 6. The molecule has 0 aliphatic carbocycles. The molecule has 0 aliphatic heterocycles. The Morgan fingerprint density at radius 3 is 2.30 bits per heavy atom. The number of carbonyl (C=O) groups excluding carboxylic acids is 1. The van der Waals surface area contributed by atoms with Gasteiger partial charge in [-0.2, -0.15) is 0 Å². The lowest BCUT2D eigenvalue weighted by atomic mass is 10.1. The van der Waals surface area contributed by atoms with E-state index >= 15 is 0 Å². The third kappa shape index (κ3) is 3.92. The average Bonchev–Trinajstić information content (AvgIpc) is 2.47. The van der Waals surface area contributed by atoms with Crippen LogP contribution in [-0.4, -0.2) is 12.4 Å². The molecule has 0 saturated heterocycles. The second kappa shape index (κ2) is 6.85. The number of ether oxygens (including phenoxy) is 1. The van der Waals surface area contributed by atoms with Crippen molar-refractivity contribution in [1.82, 2.24) is 0 Å². The first-order chi connectivity index (χ1) is 9.69. The van der Waals surface area contributed by atoms with Crippen LogP contribution in [0.1, 0.15) is 29.3 Å². The van der Waals surface area contributed by atoms with Crippen LogP contribution in [0, 0.1) is 5.82 Å². The first kappa shape index (κ1) is 14.3. The summed E-state index contributed by atoms with van der Waals surface area (Å²) in [5.41, 5.74) is 1.86. The molecule has 0 atom stereocenters. The summed E-state index contributed by atoms with van der Waals surface area (Å²) in [6.07, 6.45) is 2.10. The number of halogens is 1. The van der Waals surface area contributed by atoms with Gasteiger partial charge in [-0.25, -0.2) is 4.39 Å². The summed E-state index contributed by atoms with van der Waals surface area (Å²) >= 11 is 0. The lowest BCUT2D eigenvalue weighted by Crippen LogP contribution is -2.11. The van der Waals surface area contributed by atoms with Gasteiger partial charge in [0.1, 0.15) is 11.6 Å². The molecule has 0 fully saturated rings. The van der Waals surface area contributed by atoms with Gasteiger partial charge in [0.25, 0.3) is 0 Å². The predicted octanol–water partition coefficient (Wildman–Crippen LogP) is 4.04. The summed E-state index contributed by atoms with van der Waals surface area (Å²) in [7, 11) is 0. The Morgan fingerprint density at radius 1 is 1.05 bits per heavy atom. The molecule has 0 radical (unpaired) electrons. The number of hydrogen-bond acceptors (Lipinski definition) is 2. The van der Waals surface area contributed by atoms with Crippen LogP contribution in [0.5, 0.6) is 5.75 Å². The minimum atomic E-state index is -0.324. The number of Topliss-reactive ketones (excluding diaryl/α,β-unsaturated/α-hetero) is 1. The van der Waals surface area contributed by atoms with Crippen LogP contribution in [0.2, 0.25) is 0 Å². The molecule has 0 N–H and O–H groups in total. The molecule has 0 aromatic heterocycles. The minimum Gasteiger partial charge on any atom is -0.485 e. The Bertz CT molecular complexity index is 559. The molecule has 0 aliphatic rings.